The van der Waals surface area contributed by atoms with Crippen LogP contribution in [0.15, 0.2) is 18.2 Å². The van der Waals surface area contributed by atoms with Crippen LogP contribution in [0.25, 0.3) is 0 Å². The monoisotopic (exact) mass is 353 g/mol. The Bertz CT molecular complexity index is 508. The zero-order valence-electron chi connectivity index (χ0n) is 13.0. The van der Waals surface area contributed by atoms with E-state index < -0.39 is 0 Å². The molecule has 21 heavy (non-hydrogen) atoms. The van der Waals surface area contributed by atoms with Crippen LogP contribution in [0.4, 0.5) is 0 Å². The fourth-order valence-corrected chi connectivity index (χ4v) is 3.62. The molecule has 0 heterocycles. The molecule has 1 fully saturated rings. The highest BCUT2D eigenvalue weighted by Gasteiger charge is 2.35. The van der Waals surface area contributed by atoms with Gasteiger partial charge in [0.15, 0.2) is 0 Å². The first-order valence-electron chi connectivity index (χ1n) is 7.53. The molecular formula is C17H24BrNO2. The molecule has 1 aromatic carbocycles. The lowest BCUT2D eigenvalue weighted by Crippen LogP contribution is -2.52. The fourth-order valence-electron chi connectivity index (χ4n) is 2.91. The quantitative estimate of drug-likeness (QED) is 0.828. The first-order chi connectivity index (χ1) is 9.99. The summed E-state index contributed by atoms with van der Waals surface area (Å²) in [7, 11) is 1.60. The summed E-state index contributed by atoms with van der Waals surface area (Å²) in [6, 6.07) is 5.70. The molecule has 0 aromatic heterocycles. The molecule has 1 aliphatic carbocycles. The van der Waals surface area contributed by atoms with Crippen LogP contribution >= 0.6 is 15.9 Å². The Morgan fingerprint density at radius 1 is 1.43 bits per heavy atom. The van der Waals surface area contributed by atoms with Crippen LogP contribution in [-0.2, 0) is 0 Å². The van der Waals surface area contributed by atoms with E-state index in [0.717, 1.165) is 42.5 Å². The normalized spacial score (nSPS) is 25.4. The van der Waals surface area contributed by atoms with Gasteiger partial charge in [-0.3, -0.25) is 4.79 Å². The number of hydrogen-bond donors (Lipinski definition) is 1. The summed E-state index contributed by atoms with van der Waals surface area (Å²) >= 11 is 3.59. The lowest BCUT2D eigenvalue weighted by molar-refractivity contribution is 0.0871. The summed E-state index contributed by atoms with van der Waals surface area (Å²) in [6.07, 6.45) is 4.38. The van der Waals surface area contributed by atoms with Gasteiger partial charge in [-0.25, -0.2) is 0 Å². The maximum Gasteiger partial charge on any atom is 0.255 e. The van der Waals surface area contributed by atoms with Gasteiger partial charge in [0, 0.05) is 5.33 Å². The van der Waals surface area contributed by atoms with Crippen molar-refractivity contribution in [3.8, 4) is 5.75 Å². The van der Waals surface area contributed by atoms with Crippen molar-refractivity contribution in [3.05, 3.63) is 29.3 Å². The standard InChI is InChI=1S/C17H24BrNO2/c1-12-6-8-17(11-18,9-7-12)19-16(20)14-10-13(2)4-5-15(14)21-3/h4-5,10,12H,6-9,11H2,1-3H3,(H,19,20). The first-order valence-corrected chi connectivity index (χ1v) is 8.65. The summed E-state index contributed by atoms with van der Waals surface area (Å²) in [5.41, 5.74) is 1.56. The summed E-state index contributed by atoms with van der Waals surface area (Å²) < 4.78 is 5.32. The smallest absolute Gasteiger partial charge is 0.255 e. The third kappa shape index (κ3) is 3.79. The second-order valence-electron chi connectivity index (χ2n) is 6.25. The van der Waals surface area contributed by atoms with Crippen molar-refractivity contribution in [2.75, 3.05) is 12.4 Å². The molecule has 116 valence electrons. The molecule has 0 radical (unpaired) electrons. The average molecular weight is 354 g/mol. The van der Waals surface area contributed by atoms with Crippen LogP contribution in [0.5, 0.6) is 5.75 Å². The maximum absolute atomic E-state index is 12.7. The number of benzene rings is 1. The first kappa shape index (κ1) is 16.3. The molecule has 3 nitrogen and oxygen atoms in total. The molecule has 0 bridgehead atoms. The molecule has 0 spiro atoms. The van der Waals surface area contributed by atoms with Crippen molar-refractivity contribution in [2.45, 2.75) is 45.1 Å². The number of aryl methyl sites for hydroxylation is 1. The third-order valence-electron chi connectivity index (χ3n) is 4.47. The number of methoxy groups -OCH3 is 1. The van der Waals surface area contributed by atoms with Gasteiger partial charge in [0.1, 0.15) is 5.75 Å². The van der Waals surface area contributed by atoms with E-state index in [1.54, 1.807) is 7.11 Å². The van der Waals surface area contributed by atoms with Crippen LogP contribution in [0.2, 0.25) is 0 Å². The number of carbonyl (C=O) groups is 1. The average Bonchev–Trinajstić information content (AvgIpc) is 2.49. The SMILES string of the molecule is COc1ccc(C)cc1C(=O)NC1(CBr)CCC(C)CC1. The summed E-state index contributed by atoms with van der Waals surface area (Å²) in [5.74, 6) is 1.35. The second-order valence-corrected chi connectivity index (χ2v) is 6.82. The van der Waals surface area contributed by atoms with Gasteiger partial charge in [0.25, 0.3) is 5.91 Å². The van der Waals surface area contributed by atoms with E-state index in [2.05, 4.69) is 28.2 Å². The van der Waals surface area contributed by atoms with Crippen molar-refractivity contribution < 1.29 is 9.53 Å². The number of halogens is 1. The Kier molecular flexibility index (Phi) is 5.31. The third-order valence-corrected chi connectivity index (χ3v) is 5.54. The minimum atomic E-state index is -0.127. The maximum atomic E-state index is 12.7. The van der Waals surface area contributed by atoms with Gasteiger partial charge in [-0.2, -0.15) is 0 Å². The van der Waals surface area contributed by atoms with Crippen molar-refractivity contribution in [2.24, 2.45) is 5.92 Å². The number of ether oxygens (including phenoxy) is 1. The van der Waals surface area contributed by atoms with Crippen LogP contribution in [0.3, 0.4) is 0 Å². The zero-order chi connectivity index (χ0) is 15.5. The second kappa shape index (κ2) is 6.82. The highest BCUT2D eigenvalue weighted by atomic mass is 79.9. The number of rotatable bonds is 4. The van der Waals surface area contributed by atoms with Crippen molar-refractivity contribution in [3.63, 3.8) is 0 Å². The molecule has 0 atom stereocenters. The molecule has 2 rings (SSSR count). The van der Waals surface area contributed by atoms with E-state index in [1.165, 1.54) is 0 Å². The Morgan fingerprint density at radius 3 is 2.67 bits per heavy atom. The molecule has 1 aliphatic rings. The molecule has 4 heteroatoms. The molecule has 1 aromatic rings. The largest absolute Gasteiger partial charge is 0.496 e. The van der Waals surface area contributed by atoms with Crippen LogP contribution < -0.4 is 10.1 Å². The minimum Gasteiger partial charge on any atom is -0.496 e. The van der Waals surface area contributed by atoms with E-state index >= 15 is 0 Å². The van der Waals surface area contributed by atoms with E-state index in [0.29, 0.717) is 11.3 Å². The van der Waals surface area contributed by atoms with Gasteiger partial charge >= 0.3 is 0 Å². The van der Waals surface area contributed by atoms with E-state index in [9.17, 15) is 4.79 Å². The van der Waals surface area contributed by atoms with Crippen LogP contribution in [0.1, 0.15) is 48.5 Å². The highest BCUT2D eigenvalue weighted by Crippen LogP contribution is 2.34. The molecule has 1 saturated carbocycles. The topological polar surface area (TPSA) is 38.3 Å². The van der Waals surface area contributed by atoms with Crippen molar-refractivity contribution >= 4 is 21.8 Å². The fraction of sp³-hybridized carbons (Fsp3) is 0.588. The Balaban J connectivity index is 2.18. The molecule has 1 amide bonds. The number of nitrogens with one attached hydrogen (secondary N) is 1. The number of amides is 1. The lowest BCUT2D eigenvalue weighted by Gasteiger charge is -2.39. The number of carbonyl (C=O) groups excluding carboxylic acids is 1. The summed E-state index contributed by atoms with van der Waals surface area (Å²) in [4.78, 5) is 12.7. The molecule has 0 aliphatic heterocycles. The van der Waals surface area contributed by atoms with Crippen LogP contribution in [0, 0.1) is 12.8 Å². The van der Waals surface area contributed by atoms with Gasteiger partial charge in [-0.05, 0) is 50.7 Å². The van der Waals surface area contributed by atoms with Gasteiger partial charge < -0.3 is 10.1 Å². The summed E-state index contributed by atoms with van der Waals surface area (Å²) in [6.45, 7) is 4.27. The van der Waals surface area contributed by atoms with E-state index in [4.69, 9.17) is 4.74 Å². The number of hydrogen-bond acceptors (Lipinski definition) is 2. The Hall–Kier alpha value is -1.03. The Morgan fingerprint density at radius 2 is 2.10 bits per heavy atom. The molecule has 1 N–H and O–H groups in total. The Labute approximate surface area is 135 Å². The van der Waals surface area contributed by atoms with Gasteiger partial charge in [0.05, 0.1) is 18.2 Å². The van der Waals surface area contributed by atoms with Crippen molar-refractivity contribution in [1.29, 1.82) is 0 Å². The molecular weight excluding hydrogens is 330 g/mol. The van der Waals surface area contributed by atoms with Crippen LogP contribution in [-0.4, -0.2) is 23.9 Å². The molecule has 0 saturated heterocycles. The zero-order valence-corrected chi connectivity index (χ0v) is 14.6. The van der Waals surface area contributed by atoms with Crippen molar-refractivity contribution in [1.82, 2.24) is 5.32 Å². The predicted molar refractivity (Wildman–Crippen MR) is 89.4 cm³/mol. The predicted octanol–water partition coefficient (Wildman–Crippen LogP) is 4.08. The van der Waals surface area contributed by atoms with Gasteiger partial charge in [0.2, 0.25) is 0 Å². The number of alkyl halides is 1. The van der Waals surface area contributed by atoms with E-state index in [-0.39, 0.29) is 11.4 Å². The lowest BCUT2D eigenvalue weighted by atomic mass is 9.78. The van der Waals surface area contributed by atoms with Gasteiger partial charge in [-0.1, -0.05) is 34.5 Å². The van der Waals surface area contributed by atoms with Gasteiger partial charge in [-0.15, -0.1) is 0 Å². The molecule has 0 unspecified atom stereocenters. The summed E-state index contributed by atoms with van der Waals surface area (Å²) in [5, 5.41) is 4.05. The van der Waals surface area contributed by atoms with E-state index in [1.807, 2.05) is 25.1 Å². The minimum absolute atomic E-state index is 0.0375. The highest BCUT2D eigenvalue weighted by molar-refractivity contribution is 9.09.